The van der Waals surface area contributed by atoms with Crippen LogP contribution in [0.25, 0.3) is 0 Å². The molecule has 0 saturated carbocycles. The van der Waals surface area contributed by atoms with E-state index in [-0.39, 0.29) is 5.84 Å². The van der Waals surface area contributed by atoms with Crippen LogP contribution in [-0.4, -0.2) is 17.6 Å². The van der Waals surface area contributed by atoms with Crippen molar-refractivity contribution >= 4 is 27.5 Å². The normalized spacial score (nSPS) is 11.3. The molecule has 0 heterocycles. The van der Waals surface area contributed by atoms with Crippen LogP contribution in [0.5, 0.6) is 0 Å². The molecule has 1 aromatic carbocycles. The SMILES string of the molecule is N/C(CNc1ccc(Br)cc1)=N/O. The summed E-state index contributed by atoms with van der Waals surface area (Å²) < 4.78 is 1.02. The number of hydrogen-bond acceptors (Lipinski definition) is 3. The molecule has 1 rings (SSSR count). The van der Waals surface area contributed by atoms with E-state index in [4.69, 9.17) is 10.9 Å². The lowest BCUT2D eigenvalue weighted by Gasteiger charge is -2.04. The number of benzene rings is 1. The predicted molar refractivity (Wildman–Crippen MR) is 56.0 cm³/mol. The Kier molecular flexibility index (Phi) is 3.57. The van der Waals surface area contributed by atoms with Crippen molar-refractivity contribution in [1.29, 1.82) is 0 Å². The second kappa shape index (κ2) is 4.71. The number of nitrogens with zero attached hydrogens (tertiary/aromatic N) is 1. The molecule has 0 bridgehead atoms. The quantitative estimate of drug-likeness (QED) is 0.327. The maximum absolute atomic E-state index is 8.27. The fourth-order valence-electron chi connectivity index (χ4n) is 0.796. The summed E-state index contributed by atoms with van der Waals surface area (Å²) in [6.07, 6.45) is 0. The zero-order valence-electron chi connectivity index (χ0n) is 6.87. The first kappa shape index (κ1) is 9.85. The maximum atomic E-state index is 8.27. The molecule has 4 N–H and O–H groups in total. The molecule has 0 aliphatic heterocycles. The first-order chi connectivity index (χ1) is 6.22. The van der Waals surface area contributed by atoms with Gasteiger partial charge in [-0.3, -0.25) is 0 Å². The van der Waals surface area contributed by atoms with Gasteiger partial charge in [-0.25, -0.2) is 0 Å². The minimum atomic E-state index is 0.155. The van der Waals surface area contributed by atoms with E-state index in [0.717, 1.165) is 10.2 Å². The minimum absolute atomic E-state index is 0.155. The monoisotopic (exact) mass is 243 g/mol. The van der Waals surface area contributed by atoms with Gasteiger partial charge in [-0.15, -0.1) is 0 Å². The molecule has 0 radical (unpaired) electrons. The summed E-state index contributed by atoms with van der Waals surface area (Å²) in [5.41, 5.74) is 6.20. The van der Waals surface area contributed by atoms with Crippen molar-refractivity contribution in [3.05, 3.63) is 28.7 Å². The van der Waals surface area contributed by atoms with Gasteiger partial charge in [-0.2, -0.15) is 0 Å². The summed E-state index contributed by atoms with van der Waals surface area (Å²) in [7, 11) is 0. The lowest BCUT2D eigenvalue weighted by atomic mass is 10.3. The Labute approximate surface area is 84.6 Å². The zero-order chi connectivity index (χ0) is 9.68. The third kappa shape index (κ3) is 3.33. The first-order valence-corrected chi connectivity index (χ1v) is 4.47. The van der Waals surface area contributed by atoms with Gasteiger partial charge in [-0.1, -0.05) is 21.1 Å². The lowest BCUT2D eigenvalue weighted by molar-refractivity contribution is 0.317. The number of rotatable bonds is 3. The molecule has 0 fully saturated rings. The molecule has 0 atom stereocenters. The van der Waals surface area contributed by atoms with Crippen LogP contribution in [-0.2, 0) is 0 Å². The Morgan fingerprint density at radius 1 is 1.46 bits per heavy atom. The molecule has 13 heavy (non-hydrogen) atoms. The van der Waals surface area contributed by atoms with Crippen molar-refractivity contribution in [3.63, 3.8) is 0 Å². The number of amidine groups is 1. The van der Waals surface area contributed by atoms with Gasteiger partial charge in [0.1, 0.15) is 0 Å². The van der Waals surface area contributed by atoms with Crippen molar-refractivity contribution in [2.75, 3.05) is 11.9 Å². The third-order valence-electron chi connectivity index (χ3n) is 1.45. The summed E-state index contributed by atoms with van der Waals surface area (Å²) in [6, 6.07) is 7.62. The predicted octanol–water partition coefficient (Wildman–Crippen LogP) is 1.61. The third-order valence-corrected chi connectivity index (χ3v) is 1.97. The Balaban J connectivity index is 2.51. The molecule has 70 valence electrons. The molecule has 0 amide bonds. The Morgan fingerprint density at radius 3 is 2.62 bits per heavy atom. The maximum Gasteiger partial charge on any atom is 0.158 e. The van der Waals surface area contributed by atoms with E-state index >= 15 is 0 Å². The Morgan fingerprint density at radius 2 is 2.08 bits per heavy atom. The number of halogens is 1. The molecular weight excluding hydrogens is 234 g/mol. The Bertz CT molecular complexity index is 297. The first-order valence-electron chi connectivity index (χ1n) is 3.68. The topological polar surface area (TPSA) is 70.6 Å². The molecule has 0 saturated heterocycles. The lowest BCUT2D eigenvalue weighted by Crippen LogP contribution is -2.22. The van der Waals surface area contributed by atoms with Gasteiger partial charge in [0.25, 0.3) is 0 Å². The number of anilines is 1. The molecule has 5 heteroatoms. The van der Waals surface area contributed by atoms with E-state index in [1.165, 1.54) is 0 Å². The van der Waals surface area contributed by atoms with Crippen LogP contribution >= 0.6 is 15.9 Å². The fraction of sp³-hybridized carbons (Fsp3) is 0.125. The van der Waals surface area contributed by atoms with Crippen molar-refractivity contribution in [1.82, 2.24) is 0 Å². The summed E-state index contributed by atoms with van der Waals surface area (Å²) >= 11 is 3.32. The minimum Gasteiger partial charge on any atom is -0.409 e. The summed E-state index contributed by atoms with van der Waals surface area (Å²) in [5.74, 6) is 0.155. The molecule has 0 spiro atoms. The summed E-state index contributed by atoms with van der Waals surface area (Å²) in [5, 5.41) is 14.1. The van der Waals surface area contributed by atoms with Crippen molar-refractivity contribution in [2.45, 2.75) is 0 Å². The number of oxime groups is 1. The van der Waals surface area contributed by atoms with Gasteiger partial charge in [0.05, 0.1) is 6.54 Å². The zero-order valence-corrected chi connectivity index (χ0v) is 8.45. The molecular formula is C8H10BrN3O. The van der Waals surface area contributed by atoms with E-state index in [1.54, 1.807) is 0 Å². The van der Waals surface area contributed by atoms with E-state index in [0.29, 0.717) is 6.54 Å². The molecule has 0 aromatic heterocycles. The molecule has 4 nitrogen and oxygen atoms in total. The summed E-state index contributed by atoms with van der Waals surface area (Å²) in [4.78, 5) is 0. The molecule has 0 aliphatic rings. The molecule has 0 unspecified atom stereocenters. The van der Waals surface area contributed by atoms with Crippen molar-refractivity contribution in [2.24, 2.45) is 10.9 Å². The van der Waals surface area contributed by atoms with Crippen LogP contribution in [0.3, 0.4) is 0 Å². The van der Waals surface area contributed by atoms with Gasteiger partial charge < -0.3 is 16.3 Å². The standard InChI is InChI=1S/C8H10BrN3O/c9-6-1-3-7(4-2-6)11-5-8(10)12-13/h1-4,11,13H,5H2,(H2,10,12). The van der Waals surface area contributed by atoms with E-state index < -0.39 is 0 Å². The van der Waals surface area contributed by atoms with Crippen LogP contribution in [0.15, 0.2) is 33.9 Å². The van der Waals surface area contributed by atoms with Gasteiger partial charge in [0.2, 0.25) is 0 Å². The summed E-state index contributed by atoms with van der Waals surface area (Å²) in [6.45, 7) is 0.331. The van der Waals surface area contributed by atoms with Crippen LogP contribution in [0, 0.1) is 0 Å². The highest BCUT2D eigenvalue weighted by molar-refractivity contribution is 9.10. The highest BCUT2D eigenvalue weighted by atomic mass is 79.9. The van der Waals surface area contributed by atoms with Crippen molar-refractivity contribution in [3.8, 4) is 0 Å². The largest absolute Gasteiger partial charge is 0.409 e. The van der Waals surface area contributed by atoms with Crippen molar-refractivity contribution < 1.29 is 5.21 Å². The smallest absolute Gasteiger partial charge is 0.158 e. The van der Waals surface area contributed by atoms with Gasteiger partial charge >= 0.3 is 0 Å². The van der Waals surface area contributed by atoms with E-state index in [1.807, 2.05) is 24.3 Å². The van der Waals surface area contributed by atoms with Gasteiger partial charge in [0.15, 0.2) is 5.84 Å². The molecule has 0 aliphatic carbocycles. The highest BCUT2D eigenvalue weighted by Crippen LogP contribution is 2.13. The highest BCUT2D eigenvalue weighted by Gasteiger charge is 1.93. The number of nitrogens with two attached hydrogens (primary N) is 1. The molecule has 1 aromatic rings. The average molecular weight is 244 g/mol. The number of nitrogens with one attached hydrogen (secondary N) is 1. The second-order valence-corrected chi connectivity index (χ2v) is 3.37. The van der Waals surface area contributed by atoms with E-state index in [9.17, 15) is 0 Å². The number of hydrogen-bond donors (Lipinski definition) is 3. The second-order valence-electron chi connectivity index (χ2n) is 2.45. The Hall–Kier alpha value is -1.23. The van der Waals surface area contributed by atoms with Crippen LogP contribution in [0.2, 0.25) is 0 Å². The van der Waals surface area contributed by atoms with E-state index in [2.05, 4.69) is 26.4 Å². The van der Waals surface area contributed by atoms with Crippen LogP contribution < -0.4 is 11.1 Å². The van der Waals surface area contributed by atoms with Gasteiger partial charge in [-0.05, 0) is 24.3 Å². The van der Waals surface area contributed by atoms with Crippen LogP contribution in [0.4, 0.5) is 5.69 Å². The fourth-order valence-corrected chi connectivity index (χ4v) is 1.06. The average Bonchev–Trinajstić information content (AvgIpc) is 2.16. The van der Waals surface area contributed by atoms with Crippen LogP contribution in [0.1, 0.15) is 0 Å². The van der Waals surface area contributed by atoms with Gasteiger partial charge in [0, 0.05) is 10.2 Å².